The Hall–Kier alpha value is -2.82. The van der Waals surface area contributed by atoms with Crippen LogP contribution in [0.25, 0.3) is 16.5 Å². The summed E-state index contributed by atoms with van der Waals surface area (Å²) < 4.78 is 23.3. The van der Waals surface area contributed by atoms with Gasteiger partial charge in [-0.3, -0.25) is 13.9 Å². The van der Waals surface area contributed by atoms with Crippen LogP contribution in [0.3, 0.4) is 0 Å². The van der Waals surface area contributed by atoms with Crippen molar-refractivity contribution >= 4 is 28.9 Å². The van der Waals surface area contributed by atoms with Crippen molar-refractivity contribution in [2.45, 2.75) is 44.5 Å². The van der Waals surface area contributed by atoms with Crippen LogP contribution in [0.5, 0.6) is 0 Å². The first kappa shape index (κ1) is 22.9. The fourth-order valence-electron chi connectivity index (χ4n) is 4.24. The van der Waals surface area contributed by atoms with Gasteiger partial charge in [-0.25, -0.2) is 9.37 Å². The number of benzene rings is 1. The van der Waals surface area contributed by atoms with E-state index in [0.717, 1.165) is 41.5 Å². The Morgan fingerprint density at radius 1 is 1.26 bits per heavy atom. The van der Waals surface area contributed by atoms with Crippen molar-refractivity contribution in [2.24, 2.45) is 0 Å². The summed E-state index contributed by atoms with van der Waals surface area (Å²) in [5.74, 6) is 0.600. The number of aryl methyl sites for hydroxylation is 1. The van der Waals surface area contributed by atoms with E-state index in [-0.39, 0.29) is 23.5 Å². The van der Waals surface area contributed by atoms with Gasteiger partial charge in [0, 0.05) is 40.7 Å². The molecule has 1 saturated heterocycles. The summed E-state index contributed by atoms with van der Waals surface area (Å²) in [5, 5.41) is 12.2. The van der Waals surface area contributed by atoms with Gasteiger partial charge in [0.15, 0.2) is 21.9 Å². The number of hydrogen-bond donors (Lipinski definition) is 0. The van der Waals surface area contributed by atoms with Crippen LogP contribution < -0.4 is 0 Å². The van der Waals surface area contributed by atoms with Crippen molar-refractivity contribution in [3.63, 3.8) is 0 Å². The first-order chi connectivity index (χ1) is 16.5. The van der Waals surface area contributed by atoms with Gasteiger partial charge in [0.1, 0.15) is 5.82 Å². The van der Waals surface area contributed by atoms with Gasteiger partial charge in [0.05, 0.1) is 18.4 Å². The maximum Gasteiger partial charge on any atom is 0.193 e. The summed E-state index contributed by atoms with van der Waals surface area (Å²) >= 11 is 2.90. The second-order valence-electron chi connectivity index (χ2n) is 8.21. The Bertz CT molecular complexity index is 1290. The predicted octanol–water partition coefficient (Wildman–Crippen LogP) is 5.10. The second kappa shape index (κ2) is 9.81. The van der Waals surface area contributed by atoms with Gasteiger partial charge in [-0.05, 0) is 57.0 Å². The molecule has 5 rings (SSSR count). The molecule has 0 radical (unpaired) electrons. The number of ketones is 1. The van der Waals surface area contributed by atoms with Gasteiger partial charge in [-0.2, -0.15) is 0 Å². The minimum absolute atomic E-state index is 0.0240. The average molecular weight is 498 g/mol. The van der Waals surface area contributed by atoms with Gasteiger partial charge >= 0.3 is 0 Å². The molecule has 3 aromatic heterocycles. The van der Waals surface area contributed by atoms with E-state index in [1.54, 1.807) is 18.3 Å². The quantitative estimate of drug-likeness (QED) is 0.249. The highest BCUT2D eigenvalue weighted by atomic mass is 32.2. The Kier molecular flexibility index (Phi) is 6.62. The fourth-order valence-corrected chi connectivity index (χ4v) is 5.82. The zero-order valence-corrected chi connectivity index (χ0v) is 20.5. The molecule has 0 N–H and O–H groups in total. The lowest BCUT2D eigenvalue weighted by molar-refractivity contribution is 0.0953. The van der Waals surface area contributed by atoms with Crippen molar-refractivity contribution in [3.8, 4) is 16.5 Å². The highest BCUT2D eigenvalue weighted by Gasteiger charge is 2.23. The number of thiazole rings is 1. The molecule has 34 heavy (non-hydrogen) atoms. The van der Waals surface area contributed by atoms with Crippen LogP contribution in [-0.4, -0.2) is 48.6 Å². The first-order valence-corrected chi connectivity index (χ1v) is 12.9. The third-order valence-electron chi connectivity index (χ3n) is 5.90. The van der Waals surface area contributed by atoms with E-state index in [1.807, 2.05) is 34.4 Å². The highest BCUT2D eigenvalue weighted by molar-refractivity contribution is 7.99. The second-order valence-corrected chi connectivity index (χ2v) is 10.0. The largest absolute Gasteiger partial charge is 0.376 e. The van der Waals surface area contributed by atoms with Gasteiger partial charge in [0.2, 0.25) is 0 Å². The summed E-state index contributed by atoms with van der Waals surface area (Å²) in [6, 6.07) is 8.13. The van der Waals surface area contributed by atoms with Crippen molar-refractivity contribution < 1.29 is 13.9 Å². The fraction of sp³-hybridized carbons (Fsp3) is 0.333. The number of ether oxygens (including phenoxy) is 1. The lowest BCUT2D eigenvalue weighted by Crippen LogP contribution is -2.17. The summed E-state index contributed by atoms with van der Waals surface area (Å²) in [4.78, 5) is 17.5. The van der Waals surface area contributed by atoms with Gasteiger partial charge in [-0.1, -0.05) is 11.8 Å². The van der Waals surface area contributed by atoms with Gasteiger partial charge < -0.3 is 4.74 Å². The zero-order chi connectivity index (χ0) is 23.7. The molecule has 1 aromatic carbocycles. The van der Waals surface area contributed by atoms with Crippen LogP contribution in [0.4, 0.5) is 4.39 Å². The van der Waals surface area contributed by atoms with E-state index in [9.17, 15) is 9.18 Å². The van der Waals surface area contributed by atoms with E-state index in [1.165, 1.54) is 35.2 Å². The summed E-state index contributed by atoms with van der Waals surface area (Å²) in [6.07, 6.45) is 3.82. The topological polar surface area (TPSA) is 74.8 Å². The summed E-state index contributed by atoms with van der Waals surface area (Å²) in [7, 11) is 0. The van der Waals surface area contributed by atoms with Crippen LogP contribution in [0.2, 0.25) is 0 Å². The predicted molar refractivity (Wildman–Crippen MR) is 130 cm³/mol. The number of rotatable bonds is 8. The van der Waals surface area contributed by atoms with Crippen LogP contribution in [0, 0.1) is 19.7 Å². The number of hydrogen-bond acceptors (Lipinski definition) is 7. The number of carbonyl (C=O) groups excluding carboxylic acids is 1. The zero-order valence-electron chi connectivity index (χ0n) is 18.9. The van der Waals surface area contributed by atoms with E-state index in [2.05, 4.69) is 15.2 Å². The lowest BCUT2D eigenvalue weighted by Gasteiger charge is -2.14. The van der Waals surface area contributed by atoms with E-state index < -0.39 is 0 Å². The van der Waals surface area contributed by atoms with E-state index >= 15 is 0 Å². The Balaban J connectivity index is 1.38. The van der Waals surface area contributed by atoms with Crippen LogP contribution in [0.15, 0.2) is 47.1 Å². The molecular weight excluding hydrogens is 473 g/mol. The third kappa shape index (κ3) is 4.57. The number of carbonyl (C=O) groups is 1. The smallest absolute Gasteiger partial charge is 0.193 e. The Morgan fingerprint density at radius 3 is 2.79 bits per heavy atom. The minimum Gasteiger partial charge on any atom is -0.376 e. The van der Waals surface area contributed by atoms with Crippen LogP contribution >= 0.6 is 23.1 Å². The molecule has 0 bridgehead atoms. The van der Waals surface area contributed by atoms with Gasteiger partial charge in [-0.15, -0.1) is 21.5 Å². The van der Waals surface area contributed by atoms with E-state index in [4.69, 9.17) is 4.74 Å². The molecule has 4 heterocycles. The summed E-state index contributed by atoms with van der Waals surface area (Å²) in [6.45, 7) is 5.26. The molecule has 4 aromatic rings. The number of nitrogens with zero attached hydrogens (tertiary/aromatic N) is 5. The molecule has 0 aliphatic carbocycles. The molecule has 1 aliphatic heterocycles. The Morgan fingerprint density at radius 2 is 2.09 bits per heavy atom. The maximum absolute atomic E-state index is 13.4. The standard InChI is InChI=1S/C24H24FN5O2S2/c1-15-12-20(16(2)30(15)23-26-9-11-33-23)21(31)14-34-24-28-27-22(17-5-7-18(25)8-6-17)29(24)13-19-4-3-10-32-19/h5-9,11-12,19H,3-4,10,13-14H2,1-2H3. The molecule has 0 saturated carbocycles. The normalized spacial score (nSPS) is 15.8. The molecule has 1 fully saturated rings. The van der Waals surface area contributed by atoms with Crippen molar-refractivity contribution in [1.29, 1.82) is 0 Å². The Labute approximate surface area is 205 Å². The van der Waals surface area contributed by atoms with Crippen LogP contribution in [-0.2, 0) is 11.3 Å². The van der Waals surface area contributed by atoms with Crippen molar-refractivity contribution in [3.05, 3.63) is 64.7 Å². The first-order valence-electron chi connectivity index (χ1n) is 11.1. The highest BCUT2D eigenvalue weighted by Crippen LogP contribution is 2.29. The van der Waals surface area contributed by atoms with Crippen molar-refractivity contribution in [1.82, 2.24) is 24.3 Å². The molecule has 10 heteroatoms. The molecule has 1 atom stereocenters. The molecule has 0 spiro atoms. The van der Waals surface area contributed by atoms with Crippen molar-refractivity contribution in [2.75, 3.05) is 12.4 Å². The molecule has 0 amide bonds. The molecule has 176 valence electrons. The monoisotopic (exact) mass is 497 g/mol. The average Bonchev–Trinajstić information content (AvgIpc) is 3.62. The molecule has 7 nitrogen and oxygen atoms in total. The number of aromatic nitrogens is 5. The molecule has 1 aliphatic rings. The van der Waals surface area contributed by atoms with Crippen LogP contribution in [0.1, 0.15) is 34.6 Å². The third-order valence-corrected chi connectivity index (χ3v) is 7.63. The molecule has 1 unspecified atom stereocenters. The number of thioether (sulfide) groups is 1. The number of halogens is 1. The number of Topliss-reactive ketones (excluding diaryl/α,β-unsaturated/α-hetero) is 1. The SMILES string of the molecule is Cc1cc(C(=O)CSc2nnc(-c3ccc(F)cc3)n2CC2CCCO2)c(C)n1-c1nccs1. The van der Waals surface area contributed by atoms with Gasteiger partial charge in [0.25, 0.3) is 0 Å². The van der Waals surface area contributed by atoms with E-state index in [0.29, 0.717) is 23.1 Å². The maximum atomic E-state index is 13.4. The molecular formula is C24H24FN5O2S2. The lowest BCUT2D eigenvalue weighted by atomic mass is 10.2. The summed E-state index contributed by atoms with van der Waals surface area (Å²) in [5.41, 5.74) is 3.31. The minimum atomic E-state index is -0.301.